The molecule has 0 unspecified atom stereocenters. The summed E-state index contributed by atoms with van der Waals surface area (Å²) in [5, 5.41) is 6.86. The summed E-state index contributed by atoms with van der Waals surface area (Å²) in [7, 11) is 0. The molecule has 0 radical (unpaired) electrons. The second-order valence-electron chi connectivity index (χ2n) is 8.17. The molecule has 2 atom stereocenters. The third-order valence-corrected chi connectivity index (χ3v) is 6.15. The van der Waals surface area contributed by atoms with Gasteiger partial charge >= 0.3 is 0 Å². The van der Waals surface area contributed by atoms with E-state index in [0.717, 1.165) is 28.5 Å². The number of thiocarbonyl (C=S) groups is 1. The van der Waals surface area contributed by atoms with Gasteiger partial charge in [-0.15, -0.1) is 0 Å². The molecule has 0 spiro atoms. The van der Waals surface area contributed by atoms with Crippen molar-refractivity contribution < 1.29 is 4.79 Å². The van der Waals surface area contributed by atoms with Crippen LogP contribution in [0.2, 0.25) is 0 Å². The van der Waals surface area contributed by atoms with E-state index in [-0.39, 0.29) is 24.5 Å². The Bertz CT molecular complexity index is 1290. The van der Waals surface area contributed by atoms with Crippen LogP contribution < -0.4 is 10.6 Å². The van der Waals surface area contributed by atoms with Crippen LogP contribution >= 0.6 is 12.2 Å². The lowest BCUT2D eigenvalue weighted by atomic mass is 10.0. The fourth-order valence-electron chi connectivity index (χ4n) is 4.22. The van der Waals surface area contributed by atoms with E-state index in [4.69, 9.17) is 12.2 Å². The van der Waals surface area contributed by atoms with Crippen molar-refractivity contribution >= 4 is 28.9 Å². The molecule has 2 N–H and O–H groups in total. The number of anilines is 1. The van der Waals surface area contributed by atoms with Gasteiger partial charge in [0.2, 0.25) is 5.91 Å². The maximum Gasteiger partial charge on any atom is 0.244 e. The summed E-state index contributed by atoms with van der Waals surface area (Å²) in [6.07, 6.45) is 5.59. The van der Waals surface area contributed by atoms with Crippen LogP contribution in [-0.2, 0) is 4.79 Å². The Labute approximate surface area is 203 Å². The molecule has 3 aromatic heterocycles. The van der Waals surface area contributed by atoms with Gasteiger partial charge in [0.05, 0.1) is 17.8 Å². The fourth-order valence-corrected chi connectivity index (χ4v) is 4.53. The predicted molar refractivity (Wildman–Crippen MR) is 136 cm³/mol. The highest BCUT2D eigenvalue weighted by Crippen LogP contribution is 2.39. The molecule has 0 saturated carbocycles. The largest absolute Gasteiger partial charge is 0.352 e. The van der Waals surface area contributed by atoms with Crippen LogP contribution in [0.5, 0.6) is 0 Å². The van der Waals surface area contributed by atoms with E-state index in [1.54, 1.807) is 6.20 Å². The minimum Gasteiger partial charge on any atom is -0.352 e. The summed E-state index contributed by atoms with van der Waals surface area (Å²) in [6.45, 7) is 2.11. The molecule has 34 heavy (non-hydrogen) atoms. The van der Waals surface area contributed by atoms with Crippen molar-refractivity contribution in [3.05, 3.63) is 108 Å². The normalized spacial score (nSPS) is 17.4. The third-order valence-electron chi connectivity index (χ3n) is 5.80. The second kappa shape index (κ2) is 9.44. The number of para-hydroxylation sites is 1. The maximum absolute atomic E-state index is 13.0. The second-order valence-corrected chi connectivity index (χ2v) is 8.55. The molecule has 8 heteroatoms. The van der Waals surface area contributed by atoms with Crippen LogP contribution in [0.4, 0.5) is 5.69 Å². The first-order valence-corrected chi connectivity index (χ1v) is 11.4. The summed E-state index contributed by atoms with van der Waals surface area (Å²) in [6, 6.07) is 22.8. The molecule has 1 aliphatic rings. The van der Waals surface area contributed by atoms with Crippen molar-refractivity contribution in [1.29, 1.82) is 0 Å². The Morgan fingerprint density at radius 1 is 1.03 bits per heavy atom. The van der Waals surface area contributed by atoms with Crippen LogP contribution in [0.15, 0.2) is 91.4 Å². The lowest BCUT2D eigenvalue weighted by molar-refractivity contribution is -0.116. The molecule has 1 fully saturated rings. The van der Waals surface area contributed by atoms with Crippen LogP contribution in [0.1, 0.15) is 29.0 Å². The third kappa shape index (κ3) is 4.40. The maximum atomic E-state index is 13.0. The molecule has 1 amide bonds. The smallest absolute Gasteiger partial charge is 0.244 e. The van der Waals surface area contributed by atoms with Gasteiger partial charge in [0.1, 0.15) is 12.4 Å². The number of pyridine rings is 2. The van der Waals surface area contributed by atoms with Crippen molar-refractivity contribution in [2.24, 2.45) is 0 Å². The van der Waals surface area contributed by atoms with Gasteiger partial charge in [0, 0.05) is 30.0 Å². The molecule has 4 aromatic rings. The van der Waals surface area contributed by atoms with Crippen molar-refractivity contribution in [1.82, 2.24) is 24.8 Å². The van der Waals surface area contributed by atoms with Gasteiger partial charge < -0.3 is 20.1 Å². The number of aryl methyl sites for hydroxylation is 1. The standard InChI is InChI=1S/C26H24N6OS/c1-18-12-13-22(28-16-18)31-15-7-11-21(31)25-24(20-10-5-6-14-27-20)30-26(34)32(25)17-23(33)29-19-8-3-2-4-9-19/h2-16,24-25H,17H2,1H3,(H,29,33)(H,30,34)/t24-,25-/m0/s1. The van der Waals surface area contributed by atoms with E-state index >= 15 is 0 Å². The average molecular weight is 469 g/mol. The Hall–Kier alpha value is -4.04. The summed E-state index contributed by atoms with van der Waals surface area (Å²) < 4.78 is 2.04. The molecular weight excluding hydrogens is 444 g/mol. The number of rotatable bonds is 6. The average Bonchev–Trinajstić information content (AvgIpc) is 3.45. The summed E-state index contributed by atoms with van der Waals surface area (Å²) in [5.74, 6) is 0.658. The van der Waals surface area contributed by atoms with Crippen LogP contribution in [-0.4, -0.2) is 37.0 Å². The number of hydrogen-bond acceptors (Lipinski definition) is 4. The summed E-state index contributed by atoms with van der Waals surface area (Å²) in [5.41, 5.74) is 3.65. The minimum absolute atomic E-state index is 0.0984. The molecule has 7 nitrogen and oxygen atoms in total. The van der Waals surface area contributed by atoms with Crippen LogP contribution in [0.3, 0.4) is 0 Å². The first kappa shape index (κ1) is 21.8. The lowest BCUT2D eigenvalue weighted by Gasteiger charge is -2.28. The summed E-state index contributed by atoms with van der Waals surface area (Å²) in [4.78, 5) is 24.1. The van der Waals surface area contributed by atoms with E-state index < -0.39 is 0 Å². The number of amides is 1. The van der Waals surface area contributed by atoms with Gasteiger partial charge in [0.15, 0.2) is 5.11 Å². The molecule has 4 heterocycles. The minimum atomic E-state index is -0.262. The van der Waals surface area contributed by atoms with Crippen molar-refractivity contribution in [3.8, 4) is 5.82 Å². The van der Waals surface area contributed by atoms with Gasteiger partial charge in [0.25, 0.3) is 0 Å². The van der Waals surface area contributed by atoms with Gasteiger partial charge in [-0.2, -0.15) is 0 Å². The van der Waals surface area contributed by atoms with Crippen LogP contribution in [0.25, 0.3) is 5.82 Å². The first-order valence-electron chi connectivity index (χ1n) is 11.0. The van der Waals surface area contributed by atoms with Gasteiger partial charge in [-0.1, -0.05) is 30.3 Å². The first-order chi connectivity index (χ1) is 16.6. The zero-order valence-electron chi connectivity index (χ0n) is 18.6. The zero-order chi connectivity index (χ0) is 23.5. The molecule has 170 valence electrons. The SMILES string of the molecule is Cc1ccc(-n2cccc2[C@H]2[C@H](c3ccccn3)NC(=S)N2CC(=O)Nc2ccccc2)nc1. The van der Waals surface area contributed by atoms with Gasteiger partial charge in [-0.3, -0.25) is 9.78 Å². The fraction of sp³-hybridized carbons (Fsp3) is 0.154. The van der Waals surface area contributed by atoms with Crippen molar-refractivity contribution in [2.45, 2.75) is 19.0 Å². The Morgan fingerprint density at radius 3 is 2.59 bits per heavy atom. The number of nitrogens with one attached hydrogen (secondary N) is 2. The van der Waals surface area contributed by atoms with Crippen molar-refractivity contribution in [2.75, 3.05) is 11.9 Å². The molecule has 1 aromatic carbocycles. The lowest BCUT2D eigenvalue weighted by Crippen LogP contribution is -2.37. The van der Waals surface area contributed by atoms with Crippen molar-refractivity contribution in [3.63, 3.8) is 0 Å². The molecule has 1 saturated heterocycles. The highest BCUT2D eigenvalue weighted by atomic mass is 32.1. The van der Waals surface area contributed by atoms with Gasteiger partial charge in [-0.25, -0.2) is 4.98 Å². The summed E-state index contributed by atoms with van der Waals surface area (Å²) >= 11 is 5.71. The Kier molecular flexibility index (Phi) is 6.05. The Balaban J connectivity index is 1.51. The predicted octanol–water partition coefficient (Wildman–Crippen LogP) is 4.19. The van der Waals surface area contributed by atoms with E-state index in [2.05, 4.69) is 20.6 Å². The molecule has 1 aliphatic heterocycles. The number of benzene rings is 1. The molecular formula is C26H24N6OS. The quantitative estimate of drug-likeness (QED) is 0.414. The number of aromatic nitrogens is 3. The van der Waals surface area contributed by atoms with E-state index in [9.17, 15) is 4.79 Å². The van der Waals surface area contributed by atoms with E-state index in [1.807, 2.05) is 102 Å². The van der Waals surface area contributed by atoms with E-state index in [1.165, 1.54) is 0 Å². The zero-order valence-corrected chi connectivity index (χ0v) is 19.4. The van der Waals surface area contributed by atoms with E-state index in [0.29, 0.717) is 5.11 Å². The highest BCUT2D eigenvalue weighted by Gasteiger charge is 2.42. The topological polar surface area (TPSA) is 75.1 Å². The van der Waals surface area contributed by atoms with Crippen LogP contribution in [0, 0.1) is 6.92 Å². The number of hydrogen-bond donors (Lipinski definition) is 2. The molecule has 0 aliphatic carbocycles. The number of carbonyl (C=O) groups excluding carboxylic acids is 1. The molecule has 5 rings (SSSR count). The monoisotopic (exact) mass is 468 g/mol. The highest BCUT2D eigenvalue weighted by molar-refractivity contribution is 7.80. The van der Waals surface area contributed by atoms with Gasteiger partial charge in [-0.05, 0) is 67.2 Å². The number of nitrogens with zero attached hydrogens (tertiary/aromatic N) is 4. The molecule has 0 bridgehead atoms. The number of carbonyl (C=O) groups is 1. The Morgan fingerprint density at radius 2 is 1.85 bits per heavy atom.